The molecule has 1 aromatic carbocycles. The molecule has 1 aromatic rings. The van der Waals surface area contributed by atoms with E-state index >= 15 is 0 Å². The molecule has 0 radical (unpaired) electrons. The lowest BCUT2D eigenvalue weighted by Gasteiger charge is -2.24. The van der Waals surface area contributed by atoms with Crippen molar-refractivity contribution in [3.8, 4) is 0 Å². The minimum absolute atomic E-state index is 0.353. The molecular weight excluding hydrogens is 292 g/mol. The number of aliphatic carboxylic acids is 1. The summed E-state index contributed by atoms with van der Waals surface area (Å²) >= 11 is 0. The summed E-state index contributed by atoms with van der Waals surface area (Å²) in [6.45, 7) is 1.82. The molecule has 23 heavy (non-hydrogen) atoms. The quantitative estimate of drug-likeness (QED) is 0.794. The fourth-order valence-corrected chi connectivity index (χ4v) is 3.79. The Labute approximate surface area is 137 Å². The predicted molar refractivity (Wildman–Crippen MR) is 89.0 cm³/mol. The molecule has 2 saturated carbocycles. The first-order chi connectivity index (χ1) is 11.0. The third kappa shape index (κ3) is 5.06. The zero-order valence-electron chi connectivity index (χ0n) is 13.6. The second-order valence-electron chi connectivity index (χ2n) is 6.64. The van der Waals surface area contributed by atoms with E-state index in [-0.39, 0.29) is 12.5 Å². The SMILES string of the molecule is CC(N)C1CC2CCC1C2.O=C(O)CNC(=O)c1ccccc1. The van der Waals surface area contributed by atoms with Gasteiger partial charge in [0.2, 0.25) is 0 Å². The van der Waals surface area contributed by atoms with Crippen LogP contribution in [0.3, 0.4) is 0 Å². The number of carbonyl (C=O) groups excluding carboxylic acids is 1. The largest absolute Gasteiger partial charge is 0.480 e. The number of benzene rings is 1. The summed E-state index contributed by atoms with van der Waals surface area (Å²) in [7, 11) is 0. The number of hydrogen-bond donors (Lipinski definition) is 3. The lowest BCUT2D eigenvalue weighted by atomic mass is 9.84. The molecule has 5 heteroatoms. The molecule has 0 spiro atoms. The third-order valence-electron chi connectivity index (χ3n) is 4.90. The smallest absolute Gasteiger partial charge is 0.322 e. The molecular formula is C18H26N2O3. The van der Waals surface area contributed by atoms with Crippen LogP contribution in [-0.2, 0) is 4.79 Å². The van der Waals surface area contributed by atoms with Crippen molar-refractivity contribution in [2.75, 3.05) is 6.54 Å². The van der Waals surface area contributed by atoms with Crippen LogP contribution in [0.2, 0.25) is 0 Å². The maximum atomic E-state index is 11.2. The Morgan fingerprint density at radius 1 is 1.26 bits per heavy atom. The van der Waals surface area contributed by atoms with E-state index in [2.05, 4.69) is 12.2 Å². The number of carbonyl (C=O) groups is 2. The van der Waals surface area contributed by atoms with Crippen molar-refractivity contribution in [3.63, 3.8) is 0 Å². The van der Waals surface area contributed by atoms with Gasteiger partial charge in [0.05, 0.1) is 0 Å². The van der Waals surface area contributed by atoms with Gasteiger partial charge in [-0.05, 0) is 56.1 Å². The summed E-state index contributed by atoms with van der Waals surface area (Å²) in [6, 6.07) is 8.92. The lowest BCUT2D eigenvalue weighted by molar-refractivity contribution is -0.135. The first kappa shape index (κ1) is 17.5. The molecule has 4 atom stereocenters. The number of nitrogens with one attached hydrogen (secondary N) is 1. The van der Waals surface area contributed by atoms with Crippen LogP contribution in [0.5, 0.6) is 0 Å². The van der Waals surface area contributed by atoms with E-state index in [0.29, 0.717) is 11.6 Å². The molecule has 2 fully saturated rings. The highest BCUT2D eigenvalue weighted by Crippen LogP contribution is 2.49. The van der Waals surface area contributed by atoms with Crippen LogP contribution < -0.4 is 11.1 Å². The van der Waals surface area contributed by atoms with Crippen LogP contribution in [0.1, 0.15) is 43.0 Å². The Hall–Kier alpha value is -1.88. The molecule has 4 unspecified atom stereocenters. The van der Waals surface area contributed by atoms with Gasteiger partial charge in [0.25, 0.3) is 5.91 Å². The monoisotopic (exact) mass is 318 g/mol. The second kappa shape index (κ2) is 8.11. The van der Waals surface area contributed by atoms with E-state index in [4.69, 9.17) is 10.8 Å². The molecule has 3 rings (SSSR count). The standard InChI is InChI=1S/C9H9NO3.C9H17N/c11-8(12)6-10-9(13)7-4-2-1-3-5-7;1-6(10)9-5-7-2-3-8(9)4-7/h1-5H,6H2,(H,10,13)(H,11,12);6-9H,2-5,10H2,1H3. The molecule has 0 aromatic heterocycles. The summed E-state index contributed by atoms with van der Waals surface area (Å²) < 4.78 is 0. The van der Waals surface area contributed by atoms with E-state index in [9.17, 15) is 9.59 Å². The Balaban J connectivity index is 0.000000172. The van der Waals surface area contributed by atoms with Crippen LogP contribution in [0, 0.1) is 17.8 Å². The maximum Gasteiger partial charge on any atom is 0.322 e. The number of amides is 1. The van der Waals surface area contributed by atoms with Gasteiger partial charge in [0.15, 0.2) is 0 Å². The minimum Gasteiger partial charge on any atom is -0.480 e. The molecule has 2 aliphatic carbocycles. The van der Waals surface area contributed by atoms with Crippen LogP contribution in [0.4, 0.5) is 0 Å². The first-order valence-electron chi connectivity index (χ1n) is 8.28. The molecule has 4 N–H and O–H groups in total. The van der Waals surface area contributed by atoms with Crippen LogP contribution in [-0.4, -0.2) is 29.6 Å². The van der Waals surface area contributed by atoms with Gasteiger partial charge in [-0.15, -0.1) is 0 Å². The molecule has 126 valence electrons. The van der Waals surface area contributed by atoms with Gasteiger partial charge in [0, 0.05) is 11.6 Å². The number of hydrogen-bond acceptors (Lipinski definition) is 3. The molecule has 0 heterocycles. The highest BCUT2D eigenvalue weighted by molar-refractivity contribution is 5.95. The van der Waals surface area contributed by atoms with E-state index in [1.54, 1.807) is 30.3 Å². The van der Waals surface area contributed by atoms with Gasteiger partial charge >= 0.3 is 5.97 Å². The molecule has 0 saturated heterocycles. The number of nitrogens with two attached hydrogens (primary N) is 1. The van der Waals surface area contributed by atoms with Gasteiger partial charge in [-0.2, -0.15) is 0 Å². The van der Waals surface area contributed by atoms with Crippen molar-refractivity contribution in [1.29, 1.82) is 0 Å². The number of rotatable bonds is 4. The molecule has 2 bridgehead atoms. The predicted octanol–water partition coefficient (Wildman–Crippen LogP) is 2.27. The third-order valence-corrected chi connectivity index (χ3v) is 4.90. The van der Waals surface area contributed by atoms with Crippen molar-refractivity contribution in [3.05, 3.63) is 35.9 Å². The normalized spacial score (nSPS) is 26.1. The minimum atomic E-state index is -1.05. The van der Waals surface area contributed by atoms with E-state index in [1.807, 2.05) is 0 Å². The average Bonchev–Trinajstić information content (AvgIpc) is 3.17. The van der Waals surface area contributed by atoms with Gasteiger partial charge in [-0.25, -0.2) is 0 Å². The van der Waals surface area contributed by atoms with Gasteiger partial charge in [0.1, 0.15) is 6.54 Å². The van der Waals surface area contributed by atoms with Crippen LogP contribution in [0.25, 0.3) is 0 Å². The topological polar surface area (TPSA) is 92.4 Å². The maximum absolute atomic E-state index is 11.2. The van der Waals surface area contributed by atoms with Crippen LogP contribution >= 0.6 is 0 Å². The van der Waals surface area contributed by atoms with E-state index in [0.717, 1.165) is 17.8 Å². The Morgan fingerprint density at radius 3 is 2.39 bits per heavy atom. The zero-order chi connectivity index (χ0) is 16.8. The Morgan fingerprint density at radius 2 is 1.96 bits per heavy atom. The van der Waals surface area contributed by atoms with Crippen molar-refractivity contribution >= 4 is 11.9 Å². The van der Waals surface area contributed by atoms with Crippen molar-refractivity contribution < 1.29 is 14.7 Å². The number of carboxylic acids is 1. The van der Waals surface area contributed by atoms with Crippen molar-refractivity contribution in [1.82, 2.24) is 5.32 Å². The molecule has 1 amide bonds. The van der Waals surface area contributed by atoms with Gasteiger partial charge in [-0.3, -0.25) is 9.59 Å². The summed E-state index contributed by atoms with van der Waals surface area (Å²) in [6.07, 6.45) is 5.89. The number of carboxylic acid groups (broad SMARTS) is 1. The fraction of sp³-hybridized carbons (Fsp3) is 0.556. The number of fused-ring (bicyclic) bond motifs is 2. The average molecular weight is 318 g/mol. The molecule has 0 aliphatic heterocycles. The van der Waals surface area contributed by atoms with Crippen molar-refractivity contribution in [2.45, 2.75) is 38.6 Å². The van der Waals surface area contributed by atoms with Gasteiger partial charge < -0.3 is 16.2 Å². The second-order valence-corrected chi connectivity index (χ2v) is 6.64. The zero-order valence-corrected chi connectivity index (χ0v) is 13.6. The summed E-state index contributed by atoms with van der Waals surface area (Å²) in [5.74, 6) is 1.51. The Kier molecular flexibility index (Phi) is 6.16. The fourth-order valence-electron chi connectivity index (χ4n) is 3.79. The van der Waals surface area contributed by atoms with Crippen molar-refractivity contribution in [2.24, 2.45) is 23.5 Å². The molecule has 5 nitrogen and oxygen atoms in total. The van der Waals surface area contributed by atoms with Gasteiger partial charge in [-0.1, -0.05) is 24.6 Å². The highest BCUT2D eigenvalue weighted by atomic mass is 16.4. The van der Waals surface area contributed by atoms with E-state index < -0.39 is 5.97 Å². The molecule has 2 aliphatic rings. The first-order valence-corrected chi connectivity index (χ1v) is 8.28. The van der Waals surface area contributed by atoms with E-state index in [1.165, 1.54) is 25.7 Å². The highest BCUT2D eigenvalue weighted by Gasteiger charge is 2.40. The summed E-state index contributed by atoms with van der Waals surface area (Å²) in [4.78, 5) is 21.3. The summed E-state index contributed by atoms with van der Waals surface area (Å²) in [5, 5.41) is 10.6. The van der Waals surface area contributed by atoms with Crippen LogP contribution in [0.15, 0.2) is 30.3 Å². The Bertz CT molecular complexity index is 530. The lowest BCUT2D eigenvalue weighted by Crippen LogP contribution is -2.30. The summed E-state index contributed by atoms with van der Waals surface area (Å²) in [5.41, 5.74) is 6.35.